The summed E-state index contributed by atoms with van der Waals surface area (Å²) < 4.78 is 5.12. The smallest absolute Gasteiger partial charge is 0.329 e. The van der Waals surface area contributed by atoms with Gasteiger partial charge in [0.1, 0.15) is 5.75 Å². The van der Waals surface area contributed by atoms with Crippen molar-refractivity contribution >= 4 is 41.2 Å². The van der Waals surface area contributed by atoms with E-state index in [1.807, 2.05) is 6.92 Å². The van der Waals surface area contributed by atoms with Gasteiger partial charge in [0.2, 0.25) is 0 Å². The molecule has 2 aromatic rings. The fourth-order valence-corrected chi connectivity index (χ4v) is 2.06. The first-order valence-electron chi connectivity index (χ1n) is 7.77. The Morgan fingerprint density at radius 1 is 1.15 bits per heavy atom. The SMILES string of the molecule is Cc1ccc(NC(=O)C(=O)NN=Cc2ccc(OCC(N)=O)cc2)cc1Cl. The summed E-state index contributed by atoms with van der Waals surface area (Å²) in [5, 5.41) is 6.62. The number of carbonyl (C=O) groups is 3. The Morgan fingerprint density at radius 2 is 1.85 bits per heavy atom. The first kappa shape index (κ1) is 19.9. The Bertz CT molecular complexity index is 881. The molecule has 0 spiro atoms. The third-order valence-electron chi connectivity index (χ3n) is 3.28. The van der Waals surface area contributed by atoms with E-state index in [4.69, 9.17) is 22.1 Å². The van der Waals surface area contributed by atoms with Gasteiger partial charge in [-0.05, 0) is 54.4 Å². The van der Waals surface area contributed by atoms with E-state index in [1.54, 1.807) is 42.5 Å². The van der Waals surface area contributed by atoms with Crippen molar-refractivity contribution in [1.29, 1.82) is 0 Å². The predicted molar refractivity (Wildman–Crippen MR) is 102 cm³/mol. The number of nitrogens with one attached hydrogen (secondary N) is 2. The van der Waals surface area contributed by atoms with Gasteiger partial charge in [-0.3, -0.25) is 14.4 Å². The second kappa shape index (κ2) is 9.35. The van der Waals surface area contributed by atoms with E-state index in [-0.39, 0.29) is 6.61 Å². The summed E-state index contributed by atoms with van der Waals surface area (Å²) >= 11 is 5.97. The van der Waals surface area contributed by atoms with Crippen LogP contribution in [0, 0.1) is 6.92 Å². The average Bonchev–Trinajstić information content (AvgIpc) is 2.64. The van der Waals surface area contributed by atoms with Gasteiger partial charge in [0.05, 0.1) is 6.21 Å². The second-order valence-electron chi connectivity index (χ2n) is 5.44. The van der Waals surface area contributed by atoms with Crippen molar-refractivity contribution in [2.24, 2.45) is 10.8 Å². The fraction of sp³-hybridized carbons (Fsp3) is 0.111. The van der Waals surface area contributed by atoms with Crippen LogP contribution in [-0.4, -0.2) is 30.5 Å². The molecule has 0 fully saturated rings. The molecule has 0 aliphatic rings. The summed E-state index contributed by atoms with van der Waals surface area (Å²) in [7, 11) is 0. The first-order chi connectivity index (χ1) is 12.8. The maximum absolute atomic E-state index is 11.8. The average molecular weight is 389 g/mol. The van der Waals surface area contributed by atoms with E-state index in [9.17, 15) is 14.4 Å². The minimum Gasteiger partial charge on any atom is -0.484 e. The number of ether oxygens (including phenoxy) is 1. The minimum absolute atomic E-state index is 0.217. The lowest BCUT2D eigenvalue weighted by molar-refractivity contribution is -0.136. The highest BCUT2D eigenvalue weighted by Crippen LogP contribution is 2.19. The molecule has 0 aliphatic heterocycles. The number of anilines is 1. The maximum atomic E-state index is 11.8. The highest BCUT2D eigenvalue weighted by molar-refractivity contribution is 6.39. The lowest BCUT2D eigenvalue weighted by Gasteiger charge is -2.05. The molecule has 0 saturated carbocycles. The summed E-state index contributed by atoms with van der Waals surface area (Å²) in [6, 6.07) is 11.4. The number of hydrogen-bond donors (Lipinski definition) is 3. The van der Waals surface area contributed by atoms with Crippen molar-refractivity contribution in [2.45, 2.75) is 6.92 Å². The molecule has 3 amide bonds. The Balaban J connectivity index is 1.85. The van der Waals surface area contributed by atoms with E-state index < -0.39 is 17.7 Å². The van der Waals surface area contributed by atoms with Crippen molar-refractivity contribution in [1.82, 2.24) is 5.43 Å². The van der Waals surface area contributed by atoms with Gasteiger partial charge in [-0.2, -0.15) is 5.10 Å². The maximum Gasteiger partial charge on any atom is 0.329 e. The van der Waals surface area contributed by atoms with Crippen LogP contribution in [0.2, 0.25) is 5.02 Å². The highest BCUT2D eigenvalue weighted by atomic mass is 35.5. The van der Waals surface area contributed by atoms with Gasteiger partial charge < -0.3 is 15.8 Å². The van der Waals surface area contributed by atoms with Crippen LogP contribution in [0.4, 0.5) is 5.69 Å². The van der Waals surface area contributed by atoms with E-state index in [2.05, 4.69) is 15.8 Å². The molecular weight excluding hydrogens is 372 g/mol. The fourth-order valence-electron chi connectivity index (χ4n) is 1.88. The van der Waals surface area contributed by atoms with Crippen molar-refractivity contribution in [3.05, 3.63) is 58.6 Å². The molecule has 9 heteroatoms. The van der Waals surface area contributed by atoms with Crippen molar-refractivity contribution in [3.63, 3.8) is 0 Å². The van der Waals surface area contributed by atoms with Crippen molar-refractivity contribution < 1.29 is 19.1 Å². The predicted octanol–water partition coefficient (Wildman–Crippen LogP) is 1.60. The number of benzene rings is 2. The summed E-state index contributed by atoms with van der Waals surface area (Å²) in [5.41, 5.74) is 9.02. The molecule has 0 bridgehead atoms. The molecule has 8 nitrogen and oxygen atoms in total. The third-order valence-corrected chi connectivity index (χ3v) is 3.68. The monoisotopic (exact) mass is 388 g/mol. The number of nitrogens with two attached hydrogens (primary N) is 1. The standard InChI is InChI=1S/C18H17ClN4O4/c1-11-2-5-13(8-15(11)19)22-17(25)18(26)23-21-9-12-3-6-14(7-4-12)27-10-16(20)24/h2-9H,10H2,1H3,(H2,20,24)(H,22,25)(H,23,26). The molecule has 2 aromatic carbocycles. The number of amides is 3. The molecule has 140 valence electrons. The number of rotatable bonds is 6. The van der Waals surface area contributed by atoms with E-state index in [0.29, 0.717) is 22.0 Å². The van der Waals surface area contributed by atoms with Crippen molar-refractivity contribution in [3.8, 4) is 5.75 Å². The first-order valence-corrected chi connectivity index (χ1v) is 8.14. The summed E-state index contributed by atoms with van der Waals surface area (Å²) in [5.74, 6) is -1.91. The lowest BCUT2D eigenvalue weighted by atomic mass is 10.2. The zero-order valence-corrected chi connectivity index (χ0v) is 15.1. The van der Waals surface area contributed by atoms with Crippen LogP contribution in [0.3, 0.4) is 0 Å². The molecule has 4 N–H and O–H groups in total. The molecule has 0 aromatic heterocycles. The topological polar surface area (TPSA) is 123 Å². The van der Waals surface area contributed by atoms with Crippen LogP contribution >= 0.6 is 11.6 Å². The van der Waals surface area contributed by atoms with Crippen molar-refractivity contribution in [2.75, 3.05) is 11.9 Å². The summed E-state index contributed by atoms with van der Waals surface area (Å²) in [6.07, 6.45) is 1.35. The number of halogens is 1. The Hall–Kier alpha value is -3.39. The number of aryl methyl sites for hydroxylation is 1. The molecule has 2 rings (SSSR count). The van der Waals surface area contributed by atoms with Gasteiger partial charge >= 0.3 is 11.8 Å². The van der Waals surface area contributed by atoms with Crippen LogP contribution in [0.5, 0.6) is 5.75 Å². The van der Waals surface area contributed by atoms with E-state index in [1.165, 1.54) is 6.21 Å². The van der Waals surface area contributed by atoms with Crippen LogP contribution in [0.15, 0.2) is 47.6 Å². The van der Waals surface area contributed by atoms with Gasteiger partial charge in [-0.15, -0.1) is 0 Å². The van der Waals surface area contributed by atoms with Gasteiger partial charge in [0.15, 0.2) is 6.61 Å². The van der Waals surface area contributed by atoms with Gasteiger partial charge in [-0.1, -0.05) is 17.7 Å². The van der Waals surface area contributed by atoms with E-state index in [0.717, 1.165) is 5.56 Å². The molecule has 0 radical (unpaired) electrons. The molecule has 0 heterocycles. The van der Waals surface area contributed by atoms with Gasteiger partial charge in [-0.25, -0.2) is 5.43 Å². The molecule has 0 aliphatic carbocycles. The number of hydrogen-bond acceptors (Lipinski definition) is 5. The Morgan fingerprint density at radius 3 is 2.48 bits per heavy atom. The molecule has 0 saturated heterocycles. The lowest BCUT2D eigenvalue weighted by Crippen LogP contribution is -2.32. The van der Waals surface area contributed by atoms with Crippen LogP contribution in [0.1, 0.15) is 11.1 Å². The summed E-state index contributed by atoms with van der Waals surface area (Å²) in [6.45, 7) is 1.61. The number of hydrazone groups is 1. The Kier molecular flexibility index (Phi) is 6.90. The molecule has 0 unspecified atom stereocenters. The molecule has 27 heavy (non-hydrogen) atoms. The third kappa shape index (κ3) is 6.44. The van der Waals surface area contributed by atoms with Crippen LogP contribution in [-0.2, 0) is 14.4 Å². The van der Waals surface area contributed by atoms with Crippen LogP contribution in [0.25, 0.3) is 0 Å². The minimum atomic E-state index is -0.927. The summed E-state index contributed by atoms with van der Waals surface area (Å²) in [4.78, 5) is 34.2. The van der Waals surface area contributed by atoms with Gasteiger partial charge in [0, 0.05) is 10.7 Å². The number of primary amides is 1. The second-order valence-corrected chi connectivity index (χ2v) is 5.85. The number of carbonyl (C=O) groups excluding carboxylic acids is 3. The van der Waals surface area contributed by atoms with E-state index >= 15 is 0 Å². The molecule has 0 atom stereocenters. The normalized spacial score (nSPS) is 10.4. The largest absolute Gasteiger partial charge is 0.484 e. The quantitative estimate of drug-likeness (QED) is 0.395. The number of nitrogens with zero attached hydrogens (tertiary/aromatic N) is 1. The highest BCUT2D eigenvalue weighted by Gasteiger charge is 2.13. The van der Waals surface area contributed by atoms with Crippen LogP contribution < -0.4 is 21.2 Å². The van der Waals surface area contributed by atoms with Gasteiger partial charge in [0.25, 0.3) is 5.91 Å². The Labute approximate surface area is 160 Å². The zero-order valence-electron chi connectivity index (χ0n) is 14.4. The molecular formula is C18H17ClN4O4. The zero-order chi connectivity index (χ0) is 19.8.